The Balaban J connectivity index is 3.34. The monoisotopic (exact) mass is 366 g/mol. The lowest BCUT2D eigenvalue weighted by molar-refractivity contribution is -0.936. The SMILES string of the molecule is CC[N+](CC)(CC)Cc1cc(OC)c(C[N+](CC)(CC)CC)cc1OC. The Bertz CT molecular complexity index is 483. The molecule has 4 nitrogen and oxygen atoms in total. The molecule has 4 heteroatoms. The molecule has 0 aliphatic rings. The third-order valence-corrected chi connectivity index (χ3v) is 6.72. The van der Waals surface area contributed by atoms with Gasteiger partial charge in [0.1, 0.15) is 24.6 Å². The van der Waals surface area contributed by atoms with Gasteiger partial charge in [-0.15, -0.1) is 0 Å². The van der Waals surface area contributed by atoms with E-state index < -0.39 is 0 Å². The summed E-state index contributed by atoms with van der Waals surface area (Å²) >= 11 is 0. The zero-order valence-electron chi connectivity index (χ0n) is 18.5. The molecule has 0 heterocycles. The molecule has 0 saturated carbocycles. The molecule has 150 valence electrons. The molecule has 1 aromatic carbocycles. The molecule has 0 radical (unpaired) electrons. The van der Waals surface area contributed by atoms with Crippen molar-refractivity contribution in [1.82, 2.24) is 0 Å². The van der Waals surface area contributed by atoms with E-state index >= 15 is 0 Å². The third kappa shape index (κ3) is 4.92. The van der Waals surface area contributed by atoms with Crippen LogP contribution in [0, 0.1) is 0 Å². The molecule has 0 bridgehead atoms. The molecule has 0 N–H and O–H groups in total. The molecular weight excluding hydrogens is 324 g/mol. The van der Waals surface area contributed by atoms with E-state index in [1.165, 1.54) is 11.1 Å². The molecule has 0 aliphatic heterocycles. The van der Waals surface area contributed by atoms with E-state index in [9.17, 15) is 0 Å². The fraction of sp³-hybridized carbons (Fsp3) is 0.727. The van der Waals surface area contributed by atoms with E-state index in [-0.39, 0.29) is 0 Å². The highest BCUT2D eigenvalue weighted by atomic mass is 16.5. The third-order valence-electron chi connectivity index (χ3n) is 6.72. The van der Waals surface area contributed by atoms with Crippen molar-refractivity contribution in [2.24, 2.45) is 0 Å². The lowest BCUT2D eigenvalue weighted by Gasteiger charge is -2.37. The van der Waals surface area contributed by atoms with Crippen LogP contribution in [0.1, 0.15) is 52.7 Å². The maximum Gasteiger partial charge on any atom is 0.128 e. The lowest BCUT2D eigenvalue weighted by Crippen LogP contribution is -2.47. The molecule has 0 saturated heterocycles. The van der Waals surface area contributed by atoms with Gasteiger partial charge in [-0.25, -0.2) is 0 Å². The van der Waals surface area contributed by atoms with Crippen molar-refractivity contribution in [3.63, 3.8) is 0 Å². The van der Waals surface area contributed by atoms with Gasteiger partial charge in [0.15, 0.2) is 0 Å². The summed E-state index contributed by atoms with van der Waals surface area (Å²) in [5, 5.41) is 0. The summed E-state index contributed by atoms with van der Waals surface area (Å²) in [6.45, 7) is 22.4. The Morgan fingerprint density at radius 3 is 1.04 bits per heavy atom. The van der Waals surface area contributed by atoms with E-state index in [0.717, 1.165) is 72.8 Å². The highest BCUT2D eigenvalue weighted by Crippen LogP contribution is 2.33. The average molecular weight is 367 g/mol. The van der Waals surface area contributed by atoms with Gasteiger partial charge in [0.2, 0.25) is 0 Å². The molecule has 1 rings (SSSR count). The zero-order valence-corrected chi connectivity index (χ0v) is 18.5. The fourth-order valence-corrected chi connectivity index (χ4v) is 4.01. The summed E-state index contributed by atoms with van der Waals surface area (Å²) in [6.07, 6.45) is 0. The molecule has 0 unspecified atom stereocenters. The average Bonchev–Trinajstić information content (AvgIpc) is 2.70. The Morgan fingerprint density at radius 1 is 0.577 bits per heavy atom. The summed E-state index contributed by atoms with van der Waals surface area (Å²) in [5.41, 5.74) is 2.50. The number of quaternary nitrogens is 2. The van der Waals surface area contributed by atoms with Crippen molar-refractivity contribution in [2.75, 3.05) is 53.5 Å². The van der Waals surface area contributed by atoms with Crippen LogP contribution in [0.25, 0.3) is 0 Å². The highest BCUT2D eigenvalue weighted by Gasteiger charge is 2.27. The summed E-state index contributed by atoms with van der Waals surface area (Å²) in [5.74, 6) is 2.00. The van der Waals surface area contributed by atoms with Gasteiger partial charge in [-0.1, -0.05) is 0 Å². The smallest absolute Gasteiger partial charge is 0.128 e. The predicted molar refractivity (Wildman–Crippen MR) is 111 cm³/mol. The minimum atomic E-state index is 0.985. The van der Waals surface area contributed by atoms with Crippen LogP contribution in [-0.4, -0.2) is 62.5 Å². The maximum absolute atomic E-state index is 5.81. The minimum absolute atomic E-state index is 0.985. The van der Waals surface area contributed by atoms with Crippen LogP contribution in [-0.2, 0) is 13.1 Å². The van der Waals surface area contributed by atoms with Gasteiger partial charge in [0.25, 0.3) is 0 Å². The Labute approximate surface area is 161 Å². The largest absolute Gasteiger partial charge is 0.496 e. The van der Waals surface area contributed by atoms with Gasteiger partial charge in [-0.05, 0) is 53.7 Å². The second-order valence-corrected chi connectivity index (χ2v) is 7.37. The summed E-state index contributed by atoms with van der Waals surface area (Å²) in [4.78, 5) is 0. The van der Waals surface area contributed by atoms with Crippen LogP contribution in [0.5, 0.6) is 11.5 Å². The second-order valence-electron chi connectivity index (χ2n) is 7.37. The molecule has 0 atom stereocenters. The molecule has 0 spiro atoms. The van der Waals surface area contributed by atoms with Gasteiger partial charge in [0, 0.05) is 0 Å². The highest BCUT2D eigenvalue weighted by molar-refractivity contribution is 5.46. The molecule has 0 fully saturated rings. The van der Waals surface area contributed by atoms with Crippen molar-refractivity contribution in [1.29, 1.82) is 0 Å². The van der Waals surface area contributed by atoms with Gasteiger partial charge in [0.05, 0.1) is 64.6 Å². The van der Waals surface area contributed by atoms with Crippen LogP contribution in [0.3, 0.4) is 0 Å². The van der Waals surface area contributed by atoms with Crippen molar-refractivity contribution in [2.45, 2.75) is 54.6 Å². The maximum atomic E-state index is 5.81. The minimum Gasteiger partial charge on any atom is -0.496 e. The fourth-order valence-electron chi connectivity index (χ4n) is 4.01. The summed E-state index contributed by atoms with van der Waals surface area (Å²) in [7, 11) is 3.57. The first-order valence-corrected chi connectivity index (χ1v) is 10.4. The number of ether oxygens (including phenoxy) is 2. The number of benzene rings is 1. The molecule has 1 aromatic rings. The quantitative estimate of drug-likeness (QED) is 0.509. The van der Waals surface area contributed by atoms with Crippen LogP contribution in [0.4, 0.5) is 0 Å². The van der Waals surface area contributed by atoms with Gasteiger partial charge in [-0.3, -0.25) is 0 Å². The number of hydrogen-bond donors (Lipinski definition) is 0. The van der Waals surface area contributed by atoms with Crippen molar-refractivity contribution in [3.05, 3.63) is 23.3 Å². The van der Waals surface area contributed by atoms with E-state index in [2.05, 4.69) is 53.7 Å². The zero-order chi connectivity index (χ0) is 19.8. The first kappa shape index (κ1) is 22.8. The number of methoxy groups -OCH3 is 2. The standard InChI is InChI=1S/C22H42N2O2/c1-9-23(10-2,11-3)17-19-15-22(26-8)20(16-21(19)25-7)18-24(12-4,13-5)14-6/h15-16H,9-14,17-18H2,1-8H3/q+2. The van der Waals surface area contributed by atoms with E-state index in [1.54, 1.807) is 14.2 Å². The van der Waals surface area contributed by atoms with E-state index in [1.807, 2.05) is 0 Å². The van der Waals surface area contributed by atoms with Crippen LogP contribution in [0.15, 0.2) is 12.1 Å². The molecule has 0 amide bonds. The van der Waals surface area contributed by atoms with Crippen LogP contribution < -0.4 is 9.47 Å². The van der Waals surface area contributed by atoms with Gasteiger partial charge < -0.3 is 18.4 Å². The first-order valence-electron chi connectivity index (χ1n) is 10.4. The summed E-state index contributed by atoms with van der Waals surface area (Å²) in [6, 6.07) is 4.44. The van der Waals surface area contributed by atoms with Gasteiger partial charge >= 0.3 is 0 Å². The Morgan fingerprint density at radius 2 is 0.846 bits per heavy atom. The van der Waals surface area contributed by atoms with Crippen LogP contribution in [0.2, 0.25) is 0 Å². The predicted octanol–water partition coefficient (Wildman–Crippen LogP) is 4.46. The van der Waals surface area contributed by atoms with Crippen molar-refractivity contribution >= 4 is 0 Å². The topological polar surface area (TPSA) is 18.5 Å². The molecular formula is C22H42N2O2+2. The van der Waals surface area contributed by atoms with E-state index in [4.69, 9.17) is 9.47 Å². The molecule has 26 heavy (non-hydrogen) atoms. The lowest BCUT2D eigenvalue weighted by atomic mass is 10.0. The Hall–Kier alpha value is -1.26. The molecule has 0 aliphatic carbocycles. The van der Waals surface area contributed by atoms with Gasteiger partial charge in [-0.2, -0.15) is 0 Å². The second kappa shape index (κ2) is 10.2. The van der Waals surface area contributed by atoms with E-state index in [0.29, 0.717) is 0 Å². The summed E-state index contributed by atoms with van der Waals surface area (Å²) < 4.78 is 13.8. The van der Waals surface area contributed by atoms with Crippen molar-refractivity contribution < 1.29 is 18.4 Å². The molecule has 0 aromatic heterocycles. The number of hydrogen-bond acceptors (Lipinski definition) is 2. The normalized spacial score (nSPS) is 12.3. The Kier molecular flexibility index (Phi) is 8.91. The number of rotatable bonds is 12. The van der Waals surface area contributed by atoms with Crippen molar-refractivity contribution in [3.8, 4) is 11.5 Å². The number of nitrogens with zero attached hydrogens (tertiary/aromatic N) is 2. The van der Waals surface area contributed by atoms with Crippen LogP contribution >= 0.6 is 0 Å². The first-order chi connectivity index (χ1) is 12.4.